The van der Waals surface area contributed by atoms with Crippen LogP contribution in [-0.4, -0.2) is 78.5 Å². The van der Waals surface area contributed by atoms with Crippen LogP contribution in [0.15, 0.2) is 49.4 Å². The van der Waals surface area contributed by atoms with Gasteiger partial charge >= 0.3 is 0 Å². The predicted octanol–water partition coefficient (Wildman–Crippen LogP) is 5.98. The molecule has 3 heterocycles. The second-order valence-electron chi connectivity index (χ2n) is 10.4. The molecule has 0 saturated carbocycles. The molecule has 1 aliphatic rings. The first-order valence-electron chi connectivity index (χ1n) is 14.0. The molecule has 4 aromatic rings. The van der Waals surface area contributed by atoms with Gasteiger partial charge in [0.1, 0.15) is 17.1 Å². The van der Waals surface area contributed by atoms with Gasteiger partial charge in [-0.1, -0.05) is 31.5 Å². The summed E-state index contributed by atoms with van der Waals surface area (Å²) in [6.07, 6.45) is 11.0. The molecule has 42 heavy (non-hydrogen) atoms. The van der Waals surface area contributed by atoms with Gasteiger partial charge in [-0.3, -0.25) is 9.97 Å². The third kappa shape index (κ3) is 5.93. The van der Waals surface area contributed by atoms with E-state index < -0.39 is 0 Å². The Morgan fingerprint density at radius 3 is 2.62 bits per heavy atom. The molecular formula is C31H39N9OS. The summed E-state index contributed by atoms with van der Waals surface area (Å²) in [5.74, 6) is 1.82. The first-order chi connectivity index (χ1) is 20.4. The number of likely N-dealkylation sites (N-methyl/N-ethyl adjacent to an activating group) is 1. The van der Waals surface area contributed by atoms with Crippen molar-refractivity contribution in [1.29, 1.82) is 0 Å². The fourth-order valence-electron chi connectivity index (χ4n) is 5.32. The van der Waals surface area contributed by atoms with E-state index in [9.17, 15) is 0 Å². The standard InChI is InChI=1S/C31H39N9OS/c1-8-20-16-25(27(41-6)17-26(20)40-15-12-22(19-40)38(3)4)36-31-34-18-21(9-2)30(37-31)35-24-11-10-23-28(33-14-13-32-23)29(24)39(5)42-7/h9-11,13-14,16-18,22H,2,8,12,15,19H2,1,3-7H3,(H2,34,35,36,37). The van der Waals surface area contributed by atoms with Gasteiger partial charge in [0.15, 0.2) is 0 Å². The first kappa shape index (κ1) is 29.4. The Morgan fingerprint density at radius 1 is 1.12 bits per heavy atom. The Hall–Kier alpha value is -4.09. The second-order valence-corrected chi connectivity index (χ2v) is 11.3. The number of ether oxygens (including phenoxy) is 1. The summed E-state index contributed by atoms with van der Waals surface area (Å²) in [6, 6.07) is 8.79. The van der Waals surface area contributed by atoms with Gasteiger partial charge in [0.05, 0.1) is 29.7 Å². The number of aromatic nitrogens is 4. The lowest BCUT2D eigenvalue weighted by Gasteiger charge is -2.25. The number of hydrogen-bond acceptors (Lipinski definition) is 11. The molecule has 1 saturated heterocycles. The molecule has 2 aromatic heterocycles. The van der Waals surface area contributed by atoms with E-state index in [1.807, 2.05) is 25.4 Å². The number of hydrogen-bond donors (Lipinski definition) is 2. The van der Waals surface area contributed by atoms with E-state index in [-0.39, 0.29) is 0 Å². The summed E-state index contributed by atoms with van der Waals surface area (Å²) < 4.78 is 7.91. The number of anilines is 6. The van der Waals surface area contributed by atoms with Crippen molar-refractivity contribution in [2.45, 2.75) is 25.8 Å². The maximum absolute atomic E-state index is 5.85. The fraction of sp³-hybridized carbons (Fsp3) is 0.355. The van der Waals surface area contributed by atoms with Gasteiger partial charge in [-0.05, 0) is 50.7 Å². The van der Waals surface area contributed by atoms with Gasteiger partial charge in [0.25, 0.3) is 0 Å². The van der Waals surface area contributed by atoms with E-state index in [2.05, 4.69) is 79.4 Å². The molecule has 0 radical (unpaired) electrons. The molecule has 0 spiro atoms. The molecule has 0 aliphatic carbocycles. The lowest BCUT2D eigenvalue weighted by molar-refractivity contribution is 0.315. The summed E-state index contributed by atoms with van der Waals surface area (Å²) in [7, 11) is 8.01. The number of benzene rings is 2. The third-order valence-corrected chi connectivity index (χ3v) is 8.49. The highest BCUT2D eigenvalue weighted by atomic mass is 32.2. The molecule has 1 aliphatic heterocycles. The van der Waals surface area contributed by atoms with E-state index in [0.717, 1.165) is 65.3 Å². The van der Waals surface area contributed by atoms with Crippen molar-refractivity contribution < 1.29 is 4.74 Å². The normalized spacial score (nSPS) is 14.8. The lowest BCUT2D eigenvalue weighted by atomic mass is 10.1. The number of methoxy groups -OCH3 is 1. The lowest BCUT2D eigenvalue weighted by Crippen LogP contribution is -2.31. The molecule has 2 N–H and O–H groups in total. The summed E-state index contributed by atoms with van der Waals surface area (Å²) >= 11 is 1.59. The maximum Gasteiger partial charge on any atom is 0.229 e. The monoisotopic (exact) mass is 585 g/mol. The molecule has 5 rings (SSSR count). The zero-order valence-electron chi connectivity index (χ0n) is 25.2. The van der Waals surface area contributed by atoms with Crippen LogP contribution in [0.3, 0.4) is 0 Å². The third-order valence-electron chi connectivity index (χ3n) is 7.76. The number of rotatable bonds is 11. The zero-order valence-corrected chi connectivity index (χ0v) is 26.0. The molecular weight excluding hydrogens is 546 g/mol. The maximum atomic E-state index is 5.85. The fourth-order valence-corrected chi connectivity index (χ4v) is 5.69. The van der Waals surface area contributed by atoms with Crippen molar-refractivity contribution in [2.24, 2.45) is 0 Å². The molecule has 0 bridgehead atoms. The first-order valence-corrected chi connectivity index (χ1v) is 15.2. The largest absolute Gasteiger partial charge is 0.494 e. The van der Waals surface area contributed by atoms with Crippen molar-refractivity contribution in [1.82, 2.24) is 24.8 Å². The summed E-state index contributed by atoms with van der Waals surface area (Å²) in [5.41, 5.74) is 7.46. The van der Waals surface area contributed by atoms with E-state index in [1.54, 1.807) is 43.7 Å². The number of aryl methyl sites for hydroxylation is 1. The van der Waals surface area contributed by atoms with Crippen LogP contribution in [0.4, 0.5) is 34.5 Å². The highest BCUT2D eigenvalue weighted by molar-refractivity contribution is 7.99. The Morgan fingerprint density at radius 2 is 1.93 bits per heavy atom. The average molecular weight is 586 g/mol. The molecule has 1 fully saturated rings. The predicted molar refractivity (Wildman–Crippen MR) is 177 cm³/mol. The van der Waals surface area contributed by atoms with Crippen molar-refractivity contribution in [3.8, 4) is 5.75 Å². The van der Waals surface area contributed by atoms with Crippen molar-refractivity contribution in [3.63, 3.8) is 0 Å². The molecule has 10 nitrogen and oxygen atoms in total. The number of nitrogens with zero attached hydrogens (tertiary/aromatic N) is 7. The number of fused-ring (bicyclic) bond motifs is 1. The van der Waals surface area contributed by atoms with E-state index >= 15 is 0 Å². The van der Waals surface area contributed by atoms with E-state index in [4.69, 9.17) is 9.72 Å². The number of nitrogens with one attached hydrogen (secondary N) is 2. The van der Waals surface area contributed by atoms with Gasteiger partial charge in [0, 0.05) is 68.3 Å². The minimum Gasteiger partial charge on any atom is -0.494 e. The molecule has 1 atom stereocenters. The summed E-state index contributed by atoms with van der Waals surface area (Å²) in [6.45, 7) is 8.20. The van der Waals surface area contributed by atoms with Crippen LogP contribution in [0, 0.1) is 0 Å². The summed E-state index contributed by atoms with van der Waals surface area (Å²) in [5, 5.41) is 6.92. The second kappa shape index (κ2) is 12.8. The molecule has 11 heteroatoms. The Bertz CT molecular complexity index is 1580. The van der Waals surface area contributed by atoms with Crippen molar-refractivity contribution in [2.75, 3.05) is 67.4 Å². The van der Waals surface area contributed by atoms with Gasteiger partial charge < -0.3 is 29.5 Å². The SMILES string of the molecule is C=Cc1cnc(Nc2cc(CC)c(N3CCC(N(C)C)C3)cc2OC)nc1Nc1ccc2nccnc2c1N(C)SC. The smallest absolute Gasteiger partial charge is 0.229 e. The van der Waals surface area contributed by atoms with Crippen LogP contribution in [-0.2, 0) is 6.42 Å². The van der Waals surface area contributed by atoms with Crippen LogP contribution >= 0.6 is 11.9 Å². The van der Waals surface area contributed by atoms with Crippen LogP contribution in [0.1, 0.15) is 24.5 Å². The average Bonchev–Trinajstić information content (AvgIpc) is 3.51. The molecule has 220 valence electrons. The van der Waals surface area contributed by atoms with Crippen LogP contribution < -0.4 is 24.6 Å². The minimum atomic E-state index is 0.449. The van der Waals surface area contributed by atoms with Crippen LogP contribution in [0.25, 0.3) is 17.1 Å². The Labute approximate surface area is 252 Å². The molecule has 2 aromatic carbocycles. The van der Waals surface area contributed by atoms with E-state index in [0.29, 0.717) is 17.8 Å². The van der Waals surface area contributed by atoms with Gasteiger partial charge in [0.2, 0.25) is 5.95 Å². The molecule has 1 unspecified atom stereocenters. The quantitative estimate of drug-likeness (QED) is 0.204. The highest BCUT2D eigenvalue weighted by Gasteiger charge is 2.26. The molecule has 0 amide bonds. The van der Waals surface area contributed by atoms with Gasteiger partial charge in [-0.2, -0.15) is 4.98 Å². The van der Waals surface area contributed by atoms with Crippen LogP contribution in [0.5, 0.6) is 5.75 Å². The van der Waals surface area contributed by atoms with Gasteiger partial charge in [-0.25, -0.2) is 4.98 Å². The van der Waals surface area contributed by atoms with E-state index in [1.165, 1.54) is 11.3 Å². The Balaban J connectivity index is 1.48. The van der Waals surface area contributed by atoms with Crippen molar-refractivity contribution in [3.05, 3.63) is 60.6 Å². The zero-order chi connectivity index (χ0) is 29.8. The summed E-state index contributed by atoms with van der Waals surface area (Å²) in [4.78, 5) is 23.3. The van der Waals surface area contributed by atoms with Crippen LogP contribution in [0.2, 0.25) is 0 Å². The minimum absolute atomic E-state index is 0.449. The topological polar surface area (TPSA) is 94.6 Å². The highest BCUT2D eigenvalue weighted by Crippen LogP contribution is 2.39. The van der Waals surface area contributed by atoms with Gasteiger partial charge in [-0.15, -0.1) is 0 Å². The van der Waals surface area contributed by atoms with Crippen molar-refractivity contribution >= 4 is 63.6 Å². The Kier molecular flexibility index (Phi) is 8.98.